The Morgan fingerprint density at radius 1 is 0.920 bits per heavy atom. The first-order valence-electron chi connectivity index (χ1n) is 9.62. The lowest BCUT2D eigenvalue weighted by Crippen LogP contribution is -2.50. The largest absolute Gasteiger partial charge is 0.343 e. The van der Waals surface area contributed by atoms with Gasteiger partial charge in [0.05, 0.1) is 5.28 Å². The van der Waals surface area contributed by atoms with E-state index in [9.17, 15) is 9.36 Å². The van der Waals surface area contributed by atoms with Gasteiger partial charge in [-0.25, -0.2) is 0 Å². The Labute approximate surface area is 156 Å². The van der Waals surface area contributed by atoms with Crippen LogP contribution in [0.25, 0.3) is 0 Å². The maximum Gasteiger partial charge on any atom is 0.226 e. The molecule has 0 radical (unpaired) electrons. The molecule has 1 aliphatic carbocycles. The normalized spacial score (nSPS) is 25.7. The predicted molar refractivity (Wildman–Crippen MR) is 110 cm³/mol. The second-order valence-corrected chi connectivity index (χ2v) is 16.9. The molecular weight excluding hydrogens is 329 g/mol. The third kappa shape index (κ3) is 4.18. The van der Waals surface area contributed by atoms with E-state index in [1.54, 1.807) is 0 Å². The molecule has 0 aromatic rings. The molecule has 0 aromatic heterocycles. The van der Waals surface area contributed by atoms with Crippen molar-refractivity contribution in [1.82, 2.24) is 5.32 Å². The zero-order chi connectivity index (χ0) is 20.3. The Balaban J connectivity index is 3.48. The molecule has 0 saturated heterocycles. The summed E-state index contributed by atoms with van der Waals surface area (Å²) in [5.74, 6) is 0.292. The van der Waals surface area contributed by atoms with E-state index in [2.05, 4.69) is 67.6 Å². The molecule has 1 N–H and O–H groups in total. The van der Waals surface area contributed by atoms with Gasteiger partial charge in [0.25, 0.3) is 0 Å². The van der Waals surface area contributed by atoms with Crippen molar-refractivity contribution < 1.29 is 9.36 Å². The van der Waals surface area contributed by atoms with Gasteiger partial charge in [-0.2, -0.15) is 0 Å². The zero-order valence-electron chi connectivity index (χ0n) is 18.8. The van der Waals surface area contributed by atoms with E-state index in [1.807, 2.05) is 20.8 Å². The van der Waals surface area contributed by atoms with E-state index in [0.29, 0.717) is 0 Å². The van der Waals surface area contributed by atoms with Crippen molar-refractivity contribution in [3.63, 3.8) is 0 Å². The van der Waals surface area contributed by atoms with Crippen molar-refractivity contribution in [2.45, 2.75) is 112 Å². The molecule has 2 atom stereocenters. The van der Waals surface area contributed by atoms with Crippen LogP contribution >= 0.6 is 7.14 Å². The van der Waals surface area contributed by atoms with Gasteiger partial charge in [-0.05, 0) is 24.2 Å². The van der Waals surface area contributed by atoms with Crippen LogP contribution < -0.4 is 5.32 Å². The molecule has 4 heteroatoms. The van der Waals surface area contributed by atoms with Gasteiger partial charge in [-0.15, -0.1) is 0 Å². The number of nitrogens with one attached hydrogen (secondary N) is 1. The Bertz CT molecular complexity index is 549. The average molecular weight is 372 g/mol. The standard InChI is InChI=1S/C21H42NO2P/c1-17(2,3)13-15-14-21(15,22-16(23)18(4,5)6)25(24,19(7,8)9)20(10,11)12/h15H,13-14H2,1-12H3,(H,22,23)/t15-,21-/m0/s1. The molecule has 1 amide bonds. The molecule has 1 fully saturated rings. The first kappa shape index (κ1) is 22.7. The Morgan fingerprint density at radius 3 is 1.60 bits per heavy atom. The van der Waals surface area contributed by atoms with Crippen molar-refractivity contribution in [3.05, 3.63) is 0 Å². The molecule has 0 aliphatic heterocycles. The number of carbonyl (C=O) groups excluding carboxylic acids is 1. The summed E-state index contributed by atoms with van der Waals surface area (Å²) in [6.07, 6.45) is 1.81. The van der Waals surface area contributed by atoms with E-state index in [4.69, 9.17) is 0 Å². The monoisotopic (exact) mass is 371 g/mol. The molecule has 1 saturated carbocycles. The molecule has 25 heavy (non-hydrogen) atoms. The summed E-state index contributed by atoms with van der Waals surface area (Å²) in [6, 6.07) is 0. The molecule has 3 nitrogen and oxygen atoms in total. The minimum absolute atomic E-state index is 0.0117. The number of carbonyl (C=O) groups is 1. The molecule has 0 bridgehead atoms. The SMILES string of the molecule is CC(C)(C)C[C@H]1C[C@]1(NC(=O)C(C)(C)C)P(=O)(C(C)(C)C)C(C)(C)C. The fraction of sp³-hybridized carbons (Fsp3) is 0.952. The first-order valence-corrected chi connectivity index (χ1v) is 11.3. The van der Waals surface area contributed by atoms with Gasteiger partial charge < -0.3 is 9.88 Å². The van der Waals surface area contributed by atoms with Crippen LogP contribution in [0.3, 0.4) is 0 Å². The van der Waals surface area contributed by atoms with Crippen molar-refractivity contribution in [3.8, 4) is 0 Å². The molecule has 0 spiro atoms. The fourth-order valence-electron chi connectivity index (χ4n) is 4.50. The molecule has 0 aromatic carbocycles. The van der Waals surface area contributed by atoms with Crippen LogP contribution in [0.15, 0.2) is 0 Å². The third-order valence-corrected chi connectivity index (χ3v) is 11.0. The smallest absolute Gasteiger partial charge is 0.226 e. The number of amides is 1. The average Bonchev–Trinajstić information content (AvgIpc) is 2.95. The quantitative estimate of drug-likeness (QED) is 0.595. The lowest BCUT2D eigenvalue weighted by atomic mass is 9.89. The predicted octanol–water partition coefficient (Wildman–Crippen LogP) is 6.26. The van der Waals surface area contributed by atoms with Crippen LogP contribution in [0, 0.1) is 16.7 Å². The minimum Gasteiger partial charge on any atom is -0.343 e. The topological polar surface area (TPSA) is 46.2 Å². The van der Waals surface area contributed by atoms with Crippen LogP contribution in [0.2, 0.25) is 0 Å². The first-order chi connectivity index (χ1) is 10.7. The summed E-state index contributed by atoms with van der Waals surface area (Å²) >= 11 is 0. The van der Waals surface area contributed by atoms with E-state index >= 15 is 0 Å². The molecule has 1 rings (SSSR count). The third-order valence-electron chi connectivity index (χ3n) is 5.39. The van der Waals surface area contributed by atoms with Crippen LogP contribution in [0.4, 0.5) is 0 Å². The lowest BCUT2D eigenvalue weighted by Gasteiger charge is -2.48. The minimum atomic E-state index is -2.78. The highest BCUT2D eigenvalue weighted by molar-refractivity contribution is 7.68. The number of rotatable bonds is 3. The fourth-order valence-corrected chi connectivity index (χ4v) is 10.3. The van der Waals surface area contributed by atoms with E-state index in [1.165, 1.54) is 0 Å². The van der Waals surface area contributed by atoms with Gasteiger partial charge in [0.15, 0.2) is 0 Å². The van der Waals surface area contributed by atoms with Gasteiger partial charge in [-0.1, -0.05) is 83.1 Å². The molecule has 0 heterocycles. The van der Waals surface area contributed by atoms with Crippen molar-refractivity contribution in [2.75, 3.05) is 0 Å². The summed E-state index contributed by atoms with van der Waals surface area (Å²) in [5.41, 5.74) is -0.331. The van der Waals surface area contributed by atoms with Gasteiger partial charge in [-0.3, -0.25) is 4.79 Å². The van der Waals surface area contributed by atoms with Gasteiger partial charge in [0.2, 0.25) is 5.91 Å². The molecule has 1 aliphatic rings. The summed E-state index contributed by atoms with van der Waals surface area (Å²) in [5, 5.41) is 2.05. The second-order valence-electron chi connectivity index (χ2n) is 12.2. The van der Waals surface area contributed by atoms with Gasteiger partial charge in [0, 0.05) is 15.7 Å². The van der Waals surface area contributed by atoms with Crippen molar-refractivity contribution in [1.29, 1.82) is 0 Å². The maximum atomic E-state index is 14.7. The van der Waals surface area contributed by atoms with Gasteiger partial charge in [0.1, 0.15) is 7.14 Å². The van der Waals surface area contributed by atoms with Crippen molar-refractivity contribution in [2.24, 2.45) is 16.7 Å². The Kier molecular flexibility index (Phi) is 5.56. The summed E-state index contributed by atoms with van der Waals surface area (Å²) in [4.78, 5) is 12.9. The summed E-state index contributed by atoms with van der Waals surface area (Å²) < 4.78 is 14.7. The van der Waals surface area contributed by atoms with Crippen LogP contribution in [-0.2, 0) is 9.36 Å². The van der Waals surface area contributed by atoms with Crippen molar-refractivity contribution >= 4 is 13.0 Å². The highest BCUT2D eigenvalue weighted by Crippen LogP contribution is 2.83. The second kappa shape index (κ2) is 6.11. The lowest BCUT2D eigenvalue weighted by molar-refractivity contribution is -0.129. The highest BCUT2D eigenvalue weighted by atomic mass is 31.2. The Hall–Kier alpha value is -0.300. The zero-order valence-corrected chi connectivity index (χ0v) is 19.6. The summed E-state index contributed by atoms with van der Waals surface area (Å²) in [7, 11) is -2.78. The summed E-state index contributed by atoms with van der Waals surface area (Å²) in [6.45, 7) is 24.9. The molecular formula is C21H42NO2P. The Morgan fingerprint density at radius 2 is 1.32 bits per heavy atom. The van der Waals surface area contributed by atoms with E-state index in [-0.39, 0.29) is 27.6 Å². The number of hydrogen-bond donors (Lipinski definition) is 1. The maximum absolute atomic E-state index is 14.7. The van der Waals surface area contributed by atoms with Crippen LogP contribution in [0.1, 0.15) is 95.9 Å². The molecule has 148 valence electrons. The van der Waals surface area contributed by atoms with E-state index < -0.39 is 17.8 Å². The van der Waals surface area contributed by atoms with Gasteiger partial charge >= 0.3 is 0 Å². The molecule has 0 unspecified atom stereocenters. The number of hydrogen-bond acceptors (Lipinski definition) is 2. The highest BCUT2D eigenvalue weighted by Gasteiger charge is 2.72. The van der Waals surface area contributed by atoms with Crippen LogP contribution in [0.5, 0.6) is 0 Å². The van der Waals surface area contributed by atoms with E-state index in [0.717, 1.165) is 12.8 Å². The van der Waals surface area contributed by atoms with Crippen LogP contribution in [-0.4, -0.2) is 21.5 Å².